The summed E-state index contributed by atoms with van der Waals surface area (Å²) in [6, 6.07) is 10.0. The van der Waals surface area contributed by atoms with E-state index in [-0.39, 0.29) is 17.1 Å². The van der Waals surface area contributed by atoms with Crippen LogP contribution in [0.5, 0.6) is 5.75 Å². The minimum Gasteiger partial charge on any atom is -0.425 e. The Morgan fingerprint density at radius 3 is 2.42 bits per heavy atom. The Balaban J connectivity index is 1.88. The molecule has 0 aliphatic carbocycles. The summed E-state index contributed by atoms with van der Waals surface area (Å²) < 4.78 is 38.7. The van der Waals surface area contributed by atoms with Crippen molar-refractivity contribution in [2.45, 2.75) is 51.5 Å². The average Bonchev–Trinajstić information content (AvgIpc) is 2.70. The number of esters is 1. The zero-order valence-electron chi connectivity index (χ0n) is 17.9. The molecule has 0 unspecified atom stereocenters. The van der Waals surface area contributed by atoms with Gasteiger partial charge < -0.3 is 9.15 Å². The molecule has 3 rings (SSSR count). The Kier molecular flexibility index (Phi) is 6.62. The molecule has 31 heavy (non-hydrogen) atoms. The van der Waals surface area contributed by atoms with Gasteiger partial charge in [0.25, 0.3) is 0 Å². The molecule has 0 aliphatic rings. The average molecular weight is 444 g/mol. The SMILES string of the molecule is CCC[C@@H](NS(=O)(=O)c1ccc(C)cc1)C(=O)Oc1ccc2c(C)cc(=O)oc2c1C. The van der Waals surface area contributed by atoms with Crippen molar-refractivity contribution in [3.8, 4) is 5.75 Å². The van der Waals surface area contributed by atoms with E-state index in [2.05, 4.69) is 4.72 Å². The second-order valence-electron chi connectivity index (χ2n) is 7.51. The van der Waals surface area contributed by atoms with Gasteiger partial charge in [0, 0.05) is 17.0 Å². The van der Waals surface area contributed by atoms with E-state index in [1.165, 1.54) is 18.2 Å². The first-order valence-corrected chi connectivity index (χ1v) is 11.5. The molecule has 0 saturated heterocycles. The number of nitrogens with one attached hydrogen (secondary N) is 1. The minimum atomic E-state index is -3.90. The molecule has 0 saturated carbocycles. The molecule has 0 radical (unpaired) electrons. The van der Waals surface area contributed by atoms with Crippen LogP contribution < -0.4 is 15.1 Å². The summed E-state index contributed by atoms with van der Waals surface area (Å²) in [5, 5.41) is 0.738. The molecule has 0 bridgehead atoms. The van der Waals surface area contributed by atoms with Crippen LogP contribution in [0.1, 0.15) is 36.5 Å². The van der Waals surface area contributed by atoms with Crippen molar-refractivity contribution in [3.05, 3.63) is 69.6 Å². The summed E-state index contributed by atoms with van der Waals surface area (Å²) in [4.78, 5) is 24.7. The van der Waals surface area contributed by atoms with Crippen molar-refractivity contribution in [1.82, 2.24) is 4.72 Å². The molecule has 0 amide bonds. The number of carbonyl (C=O) groups is 1. The molecule has 0 spiro atoms. The molecule has 1 N–H and O–H groups in total. The van der Waals surface area contributed by atoms with Crippen molar-refractivity contribution in [2.75, 3.05) is 0 Å². The smallest absolute Gasteiger partial charge is 0.336 e. The van der Waals surface area contributed by atoms with Gasteiger partial charge in [-0.2, -0.15) is 4.72 Å². The predicted molar refractivity (Wildman–Crippen MR) is 118 cm³/mol. The third-order valence-corrected chi connectivity index (χ3v) is 6.51. The second-order valence-corrected chi connectivity index (χ2v) is 9.22. The van der Waals surface area contributed by atoms with Crippen molar-refractivity contribution < 1.29 is 22.4 Å². The number of hydrogen-bond donors (Lipinski definition) is 1. The van der Waals surface area contributed by atoms with E-state index in [0.717, 1.165) is 16.5 Å². The van der Waals surface area contributed by atoms with Crippen LogP contribution in [-0.2, 0) is 14.8 Å². The molecular formula is C23H25NO6S. The zero-order chi connectivity index (χ0) is 22.8. The molecule has 1 atom stereocenters. The number of aryl methyl sites for hydroxylation is 3. The number of benzene rings is 2. The van der Waals surface area contributed by atoms with Crippen LogP contribution in [-0.4, -0.2) is 20.4 Å². The normalized spacial score (nSPS) is 12.6. The van der Waals surface area contributed by atoms with E-state index >= 15 is 0 Å². The third kappa shape index (κ3) is 5.03. The second kappa shape index (κ2) is 9.03. The van der Waals surface area contributed by atoms with Gasteiger partial charge in [0.2, 0.25) is 10.0 Å². The van der Waals surface area contributed by atoms with Gasteiger partial charge in [-0.1, -0.05) is 31.0 Å². The highest BCUT2D eigenvalue weighted by molar-refractivity contribution is 7.89. The lowest BCUT2D eigenvalue weighted by Gasteiger charge is -2.18. The Hall–Kier alpha value is -2.97. The van der Waals surface area contributed by atoms with E-state index in [4.69, 9.17) is 9.15 Å². The maximum absolute atomic E-state index is 12.8. The van der Waals surface area contributed by atoms with Crippen molar-refractivity contribution in [3.63, 3.8) is 0 Å². The van der Waals surface area contributed by atoms with Gasteiger partial charge in [-0.15, -0.1) is 0 Å². The van der Waals surface area contributed by atoms with E-state index in [9.17, 15) is 18.0 Å². The molecule has 0 fully saturated rings. The summed E-state index contributed by atoms with van der Waals surface area (Å²) in [6.07, 6.45) is 0.839. The van der Waals surface area contributed by atoms with E-state index in [1.807, 2.05) is 13.8 Å². The topological polar surface area (TPSA) is 103 Å². The van der Waals surface area contributed by atoms with Gasteiger partial charge in [0.05, 0.1) is 4.90 Å². The maximum atomic E-state index is 12.8. The van der Waals surface area contributed by atoms with Crippen LogP contribution in [0, 0.1) is 20.8 Å². The van der Waals surface area contributed by atoms with Crippen LogP contribution in [0.25, 0.3) is 11.0 Å². The van der Waals surface area contributed by atoms with Gasteiger partial charge >= 0.3 is 11.6 Å². The van der Waals surface area contributed by atoms with Gasteiger partial charge in [0.1, 0.15) is 17.4 Å². The molecule has 1 aromatic heterocycles. The molecular weight excluding hydrogens is 418 g/mol. The maximum Gasteiger partial charge on any atom is 0.336 e. The van der Waals surface area contributed by atoms with Crippen molar-refractivity contribution in [2.24, 2.45) is 0 Å². The Labute approximate surface area is 181 Å². The predicted octanol–water partition coefficient (Wildman–Crippen LogP) is 3.77. The number of rotatable bonds is 7. The third-order valence-electron chi connectivity index (χ3n) is 5.02. The quantitative estimate of drug-likeness (QED) is 0.339. The first kappa shape index (κ1) is 22.7. The van der Waals surface area contributed by atoms with Crippen LogP contribution in [0.4, 0.5) is 0 Å². The Bertz CT molecular complexity index is 1280. The lowest BCUT2D eigenvalue weighted by Crippen LogP contribution is -2.42. The minimum absolute atomic E-state index is 0.0751. The molecule has 7 nitrogen and oxygen atoms in total. The number of carbonyl (C=O) groups excluding carboxylic acids is 1. The number of ether oxygens (including phenoxy) is 1. The molecule has 2 aromatic carbocycles. The molecule has 1 heterocycles. The standard InChI is InChI=1S/C23H25NO6S/c1-5-6-19(24-31(27,28)17-9-7-14(2)8-10-17)23(26)29-20-12-11-18-15(3)13-21(25)30-22(18)16(20)4/h7-13,19,24H,5-6H2,1-4H3/t19-/m1/s1. The fourth-order valence-electron chi connectivity index (χ4n) is 3.28. The van der Waals surface area contributed by atoms with E-state index < -0.39 is 27.7 Å². The first-order valence-electron chi connectivity index (χ1n) is 9.97. The van der Waals surface area contributed by atoms with Crippen LogP contribution in [0.3, 0.4) is 0 Å². The largest absolute Gasteiger partial charge is 0.425 e. The van der Waals surface area contributed by atoms with Crippen molar-refractivity contribution >= 4 is 27.0 Å². The highest BCUT2D eigenvalue weighted by atomic mass is 32.2. The molecule has 0 aliphatic heterocycles. The summed E-state index contributed by atoms with van der Waals surface area (Å²) in [7, 11) is -3.90. The Morgan fingerprint density at radius 1 is 1.10 bits per heavy atom. The first-order chi connectivity index (χ1) is 14.6. The van der Waals surface area contributed by atoms with E-state index in [0.29, 0.717) is 17.6 Å². The Morgan fingerprint density at radius 2 is 1.77 bits per heavy atom. The summed E-state index contributed by atoms with van der Waals surface area (Å²) in [5.41, 5.74) is 2.01. The lowest BCUT2D eigenvalue weighted by molar-refractivity contribution is -0.136. The summed E-state index contributed by atoms with van der Waals surface area (Å²) >= 11 is 0. The van der Waals surface area contributed by atoms with Gasteiger partial charge in [-0.25, -0.2) is 18.0 Å². The van der Waals surface area contributed by atoms with Gasteiger partial charge in [-0.05, 0) is 57.0 Å². The van der Waals surface area contributed by atoms with Crippen LogP contribution in [0.15, 0.2) is 56.6 Å². The van der Waals surface area contributed by atoms with Crippen LogP contribution >= 0.6 is 0 Å². The van der Waals surface area contributed by atoms with Crippen LogP contribution in [0.2, 0.25) is 0 Å². The fourth-order valence-corrected chi connectivity index (χ4v) is 4.50. The van der Waals surface area contributed by atoms with Gasteiger partial charge in [-0.3, -0.25) is 0 Å². The molecule has 3 aromatic rings. The fraction of sp³-hybridized carbons (Fsp3) is 0.304. The van der Waals surface area contributed by atoms with Crippen molar-refractivity contribution in [1.29, 1.82) is 0 Å². The summed E-state index contributed by atoms with van der Waals surface area (Å²) in [5.74, 6) is -0.517. The van der Waals surface area contributed by atoms with E-state index in [1.54, 1.807) is 38.1 Å². The molecule has 164 valence electrons. The highest BCUT2D eigenvalue weighted by Gasteiger charge is 2.27. The zero-order valence-corrected chi connectivity index (χ0v) is 18.7. The number of sulfonamides is 1. The summed E-state index contributed by atoms with van der Waals surface area (Å²) in [6.45, 7) is 7.18. The number of hydrogen-bond acceptors (Lipinski definition) is 6. The monoisotopic (exact) mass is 443 g/mol. The number of fused-ring (bicyclic) bond motifs is 1. The van der Waals surface area contributed by atoms with Gasteiger partial charge in [0.15, 0.2) is 0 Å². The lowest BCUT2D eigenvalue weighted by atomic mass is 10.1. The highest BCUT2D eigenvalue weighted by Crippen LogP contribution is 2.28. The molecule has 8 heteroatoms.